The molecule has 4 aromatic rings. The van der Waals surface area contributed by atoms with Gasteiger partial charge < -0.3 is 20.7 Å². The normalized spacial score (nSPS) is 16.4. The molecule has 1 aliphatic rings. The predicted octanol–water partition coefficient (Wildman–Crippen LogP) is 3.03. The Morgan fingerprint density at radius 3 is 2.60 bits per heavy atom. The van der Waals surface area contributed by atoms with Gasteiger partial charge in [0.25, 0.3) is 0 Å². The fourth-order valence-electron chi connectivity index (χ4n) is 4.67. The number of hydrogen-bond donors (Lipinski definition) is 2. The number of carbonyl (C=O) groups excluding carboxylic acids is 4. The second kappa shape index (κ2) is 12.0. The molecule has 0 spiro atoms. The van der Waals surface area contributed by atoms with Gasteiger partial charge in [0.2, 0.25) is 11.8 Å². The molecule has 1 saturated heterocycles. The van der Waals surface area contributed by atoms with Gasteiger partial charge in [-0.1, -0.05) is 12.1 Å². The molecule has 0 aliphatic carbocycles. The van der Waals surface area contributed by atoms with Crippen molar-refractivity contribution in [3.05, 3.63) is 64.9 Å². The predicted molar refractivity (Wildman–Crippen MR) is 151 cm³/mol. The fraction of sp³-hybridized carbons (Fsp3) is 0.259. The lowest BCUT2D eigenvalue weighted by molar-refractivity contribution is -0.137. The molecule has 42 heavy (non-hydrogen) atoms. The summed E-state index contributed by atoms with van der Waals surface area (Å²) in [5, 5.41) is 7.50. The first-order valence-electron chi connectivity index (χ1n) is 12.7. The number of ketones is 1. The quantitative estimate of drug-likeness (QED) is 0.217. The number of benzene rings is 1. The summed E-state index contributed by atoms with van der Waals surface area (Å²) >= 11 is 3.23. The Morgan fingerprint density at radius 2 is 1.90 bits per heavy atom. The second-order valence-electron chi connectivity index (χ2n) is 9.52. The molecule has 1 aromatic carbocycles. The van der Waals surface area contributed by atoms with E-state index in [4.69, 9.17) is 5.73 Å². The zero-order valence-corrected chi connectivity index (χ0v) is 23.7. The van der Waals surface area contributed by atoms with Crippen LogP contribution in [0.4, 0.5) is 15.0 Å². The SMILES string of the molecule is CC(=O)c1nn(CC(=O)N2C[C@H](F)C[C@H]2C(=O)Nc2cccc(Br)n2)c2ccc(-c3cnc(COC(N)=O)nc3)cc12. The molecule has 15 heteroatoms. The second-order valence-corrected chi connectivity index (χ2v) is 10.3. The fourth-order valence-corrected chi connectivity index (χ4v) is 5.01. The van der Waals surface area contributed by atoms with E-state index in [1.54, 1.807) is 36.4 Å². The van der Waals surface area contributed by atoms with Crippen LogP contribution in [0.25, 0.3) is 22.0 Å². The summed E-state index contributed by atoms with van der Waals surface area (Å²) < 4.78 is 21.0. The Balaban J connectivity index is 1.37. The van der Waals surface area contributed by atoms with Gasteiger partial charge in [-0.15, -0.1) is 0 Å². The number of Topliss-reactive ketones (excluding diaryl/α,β-unsaturated/α-hetero) is 1. The van der Waals surface area contributed by atoms with Crippen LogP contribution < -0.4 is 11.1 Å². The molecule has 3 amide bonds. The van der Waals surface area contributed by atoms with Crippen molar-refractivity contribution in [2.75, 3.05) is 11.9 Å². The molecule has 0 bridgehead atoms. The Kier molecular flexibility index (Phi) is 8.20. The number of primary amides is 1. The molecule has 1 aliphatic heterocycles. The van der Waals surface area contributed by atoms with E-state index >= 15 is 0 Å². The third-order valence-corrected chi connectivity index (χ3v) is 7.03. The van der Waals surface area contributed by atoms with Crippen molar-refractivity contribution in [3.8, 4) is 11.1 Å². The first-order valence-corrected chi connectivity index (χ1v) is 13.5. The number of alkyl halides is 1. The van der Waals surface area contributed by atoms with Crippen molar-refractivity contribution in [1.29, 1.82) is 0 Å². The van der Waals surface area contributed by atoms with Crippen LogP contribution in [-0.2, 0) is 27.5 Å². The molecular formula is C27H24BrFN8O5. The van der Waals surface area contributed by atoms with Gasteiger partial charge in [0.1, 0.15) is 34.9 Å². The Labute approximate surface area is 246 Å². The van der Waals surface area contributed by atoms with Gasteiger partial charge in [-0.2, -0.15) is 5.10 Å². The molecule has 0 radical (unpaired) electrons. The third kappa shape index (κ3) is 6.25. The van der Waals surface area contributed by atoms with Crippen molar-refractivity contribution < 1.29 is 28.3 Å². The van der Waals surface area contributed by atoms with Gasteiger partial charge in [0.05, 0.1) is 12.1 Å². The van der Waals surface area contributed by atoms with Gasteiger partial charge >= 0.3 is 6.09 Å². The van der Waals surface area contributed by atoms with Gasteiger partial charge in [-0.05, 0) is 45.8 Å². The zero-order chi connectivity index (χ0) is 30.0. The Hall–Kier alpha value is -4.79. The summed E-state index contributed by atoms with van der Waals surface area (Å²) in [6.45, 7) is 0.633. The van der Waals surface area contributed by atoms with E-state index < -0.39 is 30.1 Å². The maximum atomic E-state index is 14.5. The van der Waals surface area contributed by atoms with Crippen molar-refractivity contribution in [1.82, 2.24) is 29.6 Å². The van der Waals surface area contributed by atoms with Crippen LogP contribution in [0.15, 0.2) is 53.4 Å². The number of carbonyl (C=O) groups is 4. The lowest BCUT2D eigenvalue weighted by Crippen LogP contribution is -2.44. The van der Waals surface area contributed by atoms with E-state index in [0.29, 0.717) is 26.6 Å². The standard InChI is InChI=1S/C27H24BrFN8O5/c1-14(38)25-18-7-15(16-9-31-23(32-10-16)13-42-27(30)41)5-6-19(18)37(35-25)12-24(39)36-11-17(29)8-20(36)26(40)34-22-4-2-3-21(28)33-22/h2-7,9-10,17,20H,8,11-13H2,1H3,(H2,30,41)(H,33,34,40)/t17-,20+/m1/s1. The minimum atomic E-state index is -1.37. The number of anilines is 1. The number of nitrogens with zero attached hydrogens (tertiary/aromatic N) is 6. The number of likely N-dealkylation sites (tertiary alicyclic amines) is 1. The average molecular weight is 639 g/mol. The lowest BCUT2D eigenvalue weighted by atomic mass is 10.0. The monoisotopic (exact) mass is 638 g/mol. The number of rotatable bonds is 8. The highest BCUT2D eigenvalue weighted by molar-refractivity contribution is 9.10. The summed E-state index contributed by atoms with van der Waals surface area (Å²) in [7, 11) is 0. The maximum Gasteiger partial charge on any atom is 0.404 e. The van der Waals surface area contributed by atoms with Gasteiger partial charge in [0.15, 0.2) is 18.2 Å². The molecule has 5 rings (SSSR count). The van der Waals surface area contributed by atoms with Gasteiger partial charge in [-0.25, -0.2) is 24.1 Å². The molecule has 13 nitrogen and oxygen atoms in total. The van der Waals surface area contributed by atoms with Crippen LogP contribution >= 0.6 is 15.9 Å². The van der Waals surface area contributed by atoms with Crippen molar-refractivity contribution >= 4 is 56.3 Å². The molecular weight excluding hydrogens is 615 g/mol. The average Bonchev–Trinajstić information content (AvgIpc) is 3.52. The largest absolute Gasteiger partial charge is 0.441 e. The summed E-state index contributed by atoms with van der Waals surface area (Å²) in [6, 6.07) is 9.11. The summed E-state index contributed by atoms with van der Waals surface area (Å²) in [5.74, 6) is -0.872. The number of pyridine rings is 1. The Bertz CT molecular complexity index is 1700. The van der Waals surface area contributed by atoms with Crippen LogP contribution in [0.5, 0.6) is 0 Å². The molecule has 216 valence electrons. The minimum absolute atomic E-state index is 0.145. The highest BCUT2D eigenvalue weighted by Gasteiger charge is 2.40. The van der Waals surface area contributed by atoms with E-state index in [2.05, 4.69) is 46.0 Å². The smallest absolute Gasteiger partial charge is 0.404 e. The number of nitrogens with one attached hydrogen (secondary N) is 1. The number of fused-ring (bicyclic) bond motifs is 1. The lowest BCUT2D eigenvalue weighted by Gasteiger charge is -2.23. The summed E-state index contributed by atoms with van der Waals surface area (Å²) in [4.78, 5) is 63.3. The molecule has 3 N–H and O–H groups in total. The van der Waals surface area contributed by atoms with E-state index in [1.807, 2.05) is 0 Å². The molecule has 2 atom stereocenters. The van der Waals surface area contributed by atoms with E-state index in [0.717, 1.165) is 0 Å². The van der Waals surface area contributed by atoms with Crippen molar-refractivity contribution in [3.63, 3.8) is 0 Å². The van der Waals surface area contributed by atoms with E-state index in [9.17, 15) is 23.6 Å². The number of amides is 3. The third-order valence-electron chi connectivity index (χ3n) is 6.59. The number of hydrogen-bond acceptors (Lipinski definition) is 9. The van der Waals surface area contributed by atoms with Crippen LogP contribution in [0.1, 0.15) is 29.7 Å². The van der Waals surface area contributed by atoms with Crippen LogP contribution in [-0.4, -0.2) is 72.1 Å². The first-order chi connectivity index (χ1) is 20.1. The topological polar surface area (TPSA) is 175 Å². The zero-order valence-electron chi connectivity index (χ0n) is 22.2. The van der Waals surface area contributed by atoms with Crippen LogP contribution in [0.2, 0.25) is 0 Å². The van der Waals surface area contributed by atoms with E-state index in [1.165, 1.54) is 28.9 Å². The van der Waals surface area contributed by atoms with Crippen molar-refractivity contribution in [2.24, 2.45) is 5.73 Å². The molecule has 0 saturated carbocycles. The number of ether oxygens (including phenoxy) is 1. The van der Waals surface area contributed by atoms with Gasteiger partial charge in [-0.3, -0.25) is 19.1 Å². The number of nitrogens with two attached hydrogens (primary N) is 1. The number of aromatic nitrogens is 5. The summed E-state index contributed by atoms with van der Waals surface area (Å²) in [6.07, 6.45) is 0.603. The van der Waals surface area contributed by atoms with Crippen molar-refractivity contribution in [2.45, 2.75) is 38.7 Å². The molecule has 0 unspecified atom stereocenters. The van der Waals surface area contributed by atoms with Gasteiger partial charge in [0, 0.05) is 36.7 Å². The van der Waals surface area contributed by atoms with Crippen LogP contribution in [0, 0.1) is 0 Å². The molecule has 3 aromatic heterocycles. The maximum absolute atomic E-state index is 14.5. The highest BCUT2D eigenvalue weighted by Crippen LogP contribution is 2.28. The minimum Gasteiger partial charge on any atom is -0.441 e. The van der Waals surface area contributed by atoms with Crippen LogP contribution in [0.3, 0.4) is 0 Å². The Morgan fingerprint density at radius 1 is 1.14 bits per heavy atom. The molecule has 1 fully saturated rings. The highest BCUT2D eigenvalue weighted by atomic mass is 79.9. The number of halogens is 2. The molecule has 4 heterocycles. The van der Waals surface area contributed by atoms with E-state index in [-0.39, 0.29) is 49.2 Å². The summed E-state index contributed by atoms with van der Waals surface area (Å²) in [5.41, 5.74) is 6.91. The first kappa shape index (κ1) is 28.7.